The second-order valence-electron chi connectivity index (χ2n) is 7.31. The normalized spacial score (nSPS) is 23.6. The molecule has 4 heterocycles. The number of hydrogen-bond acceptors (Lipinski definition) is 5. The zero-order chi connectivity index (χ0) is 19.1. The van der Waals surface area contributed by atoms with Gasteiger partial charge in [-0.3, -0.25) is 4.79 Å². The summed E-state index contributed by atoms with van der Waals surface area (Å²) < 4.78 is 1.19. The van der Waals surface area contributed by atoms with E-state index in [0.29, 0.717) is 8.58 Å². The SMILES string of the molecule is Cc1nc2ccc(C3=CC(=O)N4C=C(N5CCCNCC5)C=CC4P3)cc2s1. The van der Waals surface area contributed by atoms with E-state index in [0.717, 1.165) is 59.7 Å². The van der Waals surface area contributed by atoms with Crippen LogP contribution in [-0.4, -0.2) is 52.7 Å². The maximum atomic E-state index is 12.9. The number of nitrogens with zero attached hydrogens (tertiary/aromatic N) is 3. The van der Waals surface area contributed by atoms with Crippen molar-refractivity contribution in [3.8, 4) is 0 Å². The third kappa shape index (κ3) is 3.41. The Hall–Kier alpha value is -2.01. The Labute approximate surface area is 170 Å². The van der Waals surface area contributed by atoms with E-state index in [1.165, 1.54) is 4.70 Å². The monoisotopic (exact) mass is 410 g/mol. The minimum absolute atomic E-state index is 0.0779. The molecule has 0 spiro atoms. The summed E-state index contributed by atoms with van der Waals surface area (Å²) in [4.78, 5) is 21.7. The highest BCUT2D eigenvalue weighted by atomic mass is 32.1. The summed E-state index contributed by atoms with van der Waals surface area (Å²) in [6.45, 7) is 6.11. The van der Waals surface area contributed by atoms with Crippen molar-refractivity contribution >= 4 is 41.4 Å². The molecule has 1 amide bonds. The lowest BCUT2D eigenvalue weighted by Crippen LogP contribution is -2.38. The molecule has 1 aromatic carbocycles. The maximum absolute atomic E-state index is 12.9. The second-order valence-corrected chi connectivity index (χ2v) is 9.97. The molecule has 28 heavy (non-hydrogen) atoms. The number of carbonyl (C=O) groups is 1. The fourth-order valence-electron chi connectivity index (χ4n) is 3.93. The molecule has 1 aromatic heterocycles. The second kappa shape index (κ2) is 7.43. The molecule has 2 aromatic rings. The Morgan fingerprint density at radius 2 is 2.21 bits per heavy atom. The average molecular weight is 410 g/mol. The van der Waals surface area contributed by atoms with Crippen LogP contribution in [0.2, 0.25) is 0 Å². The number of amides is 1. The van der Waals surface area contributed by atoms with E-state index in [2.05, 4.69) is 45.6 Å². The smallest absolute Gasteiger partial charge is 0.252 e. The molecular formula is C21H23N4OPS. The predicted molar refractivity (Wildman–Crippen MR) is 118 cm³/mol. The Morgan fingerprint density at radius 3 is 3.14 bits per heavy atom. The lowest BCUT2D eigenvalue weighted by atomic mass is 10.2. The molecule has 3 aliphatic rings. The minimum atomic E-state index is 0.0779. The van der Waals surface area contributed by atoms with Crippen LogP contribution >= 0.6 is 19.9 Å². The number of aromatic nitrogens is 1. The highest BCUT2D eigenvalue weighted by Gasteiger charge is 2.29. The summed E-state index contributed by atoms with van der Waals surface area (Å²) in [6, 6.07) is 6.35. The number of benzene rings is 1. The van der Waals surface area contributed by atoms with E-state index in [-0.39, 0.29) is 11.7 Å². The van der Waals surface area contributed by atoms with Gasteiger partial charge < -0.3 is 15.1 Å². The maximum Gasteiger partial charge on any atom is 0.252 e. The van der Waals surface area contributed by atoms with E-state index >= 15 is 0 Å². The molecule has 0 bridgehead atoms. The number of fused-ring (bicyclic) bond motifs is 2. The van der Waals surface area contributed by atoms with Crippen LogP contribution in [0.1, 0.15) is 17.0 Å². The Bertz CT molecular complexity index is 1020. The van der Waals surface area contributed by atoms with E-state index in [4.69, 9.17) is 0 Å². The Kier molecular flexibility index (Phi) is 4.79. The Morgan fingerprint density at radius 1 is 1.29 bits per heavy atom. The van der Waals surface area contributed by atoms with Crippen LogP contribution in [0.15, 0.2) is 48.3 Å². The van der Waals surface area contributed by atoms with Crippen molar-refractivity contribution in [1.82, 2.24) is 20.1 Å². The standard InChI is InChI=1S/C21H23N4OPS/c1-14-23-17-5-3-15(11-19(17)28-14)18-12-20(26)25-13-16(4-6-21(25)27-18)24-9-2-7-22-8-10-24/h3-6,11-13,21-22,27H,2,7-10H2,1H3. The number of hydrogen-bond donors (Lipinski definition) is 1. The van der Waals surface area contributed by atoms with E-state index in [9.17, 15) is 4.79 Å². The Balaban J connectivity index is 1.41. The summed E-state index contributed by atoms with van der Waals surface area (Å²) in [5, 5.41) is 5.65. The average Bonchev–Trinajstić information content (AvgIpc) is 2.89. The molecule has 2 unspecified atom stereocenters. The molecule has 5 nitrogen and oxygen atoms in total. The molecule has 1 saturated heterocycles. The largest absolute Gasteiger partial charge is 0.369 e. The molecular weight excluding hydrogens is 387 g/mol. The van der Waals surface area contributed by atoms with Crippen LogP contribution in [0, 0.1) is 6.92 Å². The van der Waals surface area contributed by atoms with Crippen LogP contribution in [0.25, 0.3) is 15.5 Å². The van der Waals surface area contributed by atoms with Gasteiger partial charge in [-0.05, 0) is 49.0 Å². The van der Waals surface area contributed by atoms with Gasteiger partial charge in [-0.25, -0.2) is 4.98 Å². The summed E-state index contributed by atoms with van der Waals surface area (Å²) in [7, 11) is 0.549. The van der Waals surface area contributed by atoms with Crippen molar-refractivity contribution in [3.63, 3.8) is 0 Å². The van der Waals surface area contributed by atoms with Gasteiger partial charge in [-0.15, -0.1) is 11.3 Å². The van der Waals surface area contributed by atoms with Crippen molar-refractivity contribution in [1.29, 1.82) is 0 Å². The van der Waals surface area contributed by atoms with E-state index < -0.39 is 0 Å². The van der Waals surface area contributed by atoms with Crippen molar-refractivity contribution in [2.75, 3.05) is 26.2 Å². The first-order valence-electron chi connectivity index (χ1n) is 9.71. The van der Waals surface area contributed by atoms with Gasteiger partial charge in [0.05, 0.1) is 26.7 Å². The third-order valence-corrected chi connectivity index (χ3v) is 7.80. The topological polar surface area (TPSA) is 48.5 Å². The van der Waals surface area contributed by atoms with E-state index in [1.54, 1.807) is 11.3 Å². The van der Waals surface area contributed by atoms with Crippen LogP contribution in [-0.2, 0) is 4.79 Å². The number of aryl methyl sites for hydroxylation is 1. The lowest BCUT2D eigenvalue weighted by Gasteiger charge is -2.36. The number of rotatable bonds is 2. The number of thiazole rings is 1. The van der Waals surface area contributed by atoms with Crippen molar-refractivity contribution in [2.24, 2.45) is 0 Å². The molecule has 0 saturated carbocycles. The first kappa shape index (κ1) is 18.0. The van der Waals surface area contributed by atoms with Crippen molar-refractivity contribution < 1.29 is 4.79 Å². The van der Waals surface area contributed by atoms with Crippen LogP contribution in [0.5, 0.6) is 0 Å². The number of nitrogens with one attached hydrogen (secondary N) is 1. The molecule has 0 aliphatic carbocycles. The molecule has 1 fully saturated rings. The van der Waals surface area contributed by atoms with Gasteiger partial charge in [0.1, 0.15) is 0 Å². The van der Waals surface area contributed by atoms with Gasteiger partial charge >= 0.3 is 0 Å². The fraction of sp³-hybridized carbons (Fsp3) is 0.333. The van der Waals surface area contributed by atoms with Gasteiger partial charge in [-0.2, -0.15) is 0 Å². The van der Waals surface area contributed by atoms with Gasteiger partial charge in [-0.1, -0.05) is 20.7 Å². The highest BCUT2D eigenvalue weighted by Crippen LogP contribution is 2.45. The predicted octanol–water partition coefficient (Wildman–Crippen LogP) is 3.50. The summed E-state index contributed by atoms with van der Waals surface area (Å²) >= 11 is 1.71. The lowest BCUT2D eigenvalue weighted by molar-refractivity contribution is -0.123. The number of carbonyl (C=O) groups excluding carboxylic acids is 1. The van der Waals surface area contributed by atoms with Gasteiger partial charge in [0, 0.05) is 31.9 Å². The molecule has 2 atom stereocenters. The molecule has 5 rings (SSSR count). The zero-order valence-electron chi connectivity index (χ0n) is 15.8. The third-order valence-electron chi connectivity index (χ3n) is 5.36. The van der Waals surface area contributed by atoms with Crippen molar-refractivity contribution in [2.45, 2.75) is 19.1 Å². The highest BCUT2D eigenvalue weighted by molar-refractivity contribution is 7.51. The minimum Gasteiger partial charge on any atom is -0.369 e. The van der Waals surface area contributed by atoms with Gasteiger partial charge in [0.15, 0.2) is 0 Å². The van der Waals surface area contributed by atoms with Gasteiger partial charge in [0.2, 0.25) is 0 Å². The summed E-state index contributed by atoms with van der Waals surface area (Å²) in [5.74, 6) is 0.203. The molecule has 1 N–H and O–H groups in total. The molecule has 3 aliphatic heterocycles. The van der Waals surface area contributed by atoms with Crippen LogP contribution < -0.4 is 5.32 Å². The van der Waals surface area contributed by atoms with Gasteiger partial charge in [0.25, 0.3) is 5.91 Å². The fourth-order valence-corrected chi connectivity index (χ4v) is 6.18. The summed E-state index contributed by atoms with van der Waals surface area (Å²) in [5.41, 5.74) is 3.33. The van der Waals surface area contributed by atoms with Crippen LogP contribution in [0.3, 0.4) is 0 Å². The first-order valence-corrected chi connectivity index (χ1v) is 11.6. The molecule has 144 valence electrons. The first-order chi connectivity index (χ1) is 13.7. The van der Waals surface area contributed by atoms with Crippen molar-refractivity contribution in [3.05, 3.63) is 58.9 Å². The zero-order valence-corrected chi connectivity index (χ0v) is 17.6. The van der Waals surface area contributed by atoms with Crippen LogP contribution in [0.4, 0.5) is 0 Å². The van der Waals surface area contributed by atoms with E-state index in [1.807, 2.05) is 24.1 Å². The number of allylic oxidation sites excluding steroid dienone is 1. The molecule has 7 heteroatoms. The summed E-state index contributed by atoms with van der Waals surface area (Å²) in [6.07, 6.45) is 9.40. The quantitative estimate of drug-likeness (QED) is 0.770. The molecule has 0 radical (unpaired) electrons.